The molecule has 2 heteroatoms. The fraction of sp³-hybridized carbons (Fsp3) is 1.00. The summed E-state index contributed by atoms with van der Waals surface area (Å²) in [6, 6.07) is 0. The summed E-state index contributed by atoms with van der Waals surface area (Å²) in [4.78, 5) is 0. The van der Waals surface area contributed by atoms with Gasteiger partial charge in [-0.25, -0.2) is 0 Å². The average molecular weight is 169 g/mol. The molecule has 0 bridgehead atoms. The van der Waals surface area contributed by atoms with Gasteiger partial charge in [0.2, 0.25) is 0 Å². The number of hydrogen-bond acceptors (Lipinski definition) is 2. The van der Waals surface area contributed by atoms with E-state index in [1.165, 1.54) is 32.2 Å². The molecule has 2 unspecified atom stereocenters. The van der Waals surface area contributed by atoms with Gasteiger partial charge < -0.3 is 10.1 Å². The maximum Gasteiger partial charge on any atom is 0.0703 e. The van der Waals surface area contributed by atoms with Crippen molar-refractivity contribution < 1.29 is 4.74 Å². The van der Waals surface area contributed by atoms with E-state index in [4.69, 9.17) is 4.74 Å². The van der Waals surface area contributed by atoms with Crippen LogP contribution in [0, 0.1) is 5.92 Å². The molecule has 2 aliphatic rings. The van der Waals surface area contributed by atoms with Crippen molar-refractivity contribution in [1.29, 1.82) is 0 Å². The zero-order valence-corrected chi connectivity index (χ0v) is 7.88. The lowest BCUT2D eigenvalue weighted by Gasteiger charge is -2.26. The second kappa shape index (κ2) is 3.75. The van der Waals surface area contributed by atoms with Gasteiger partial charge in [-0.3, -0.25) is 0 Å². The molecule has 0 aromatic rings. The maximum absolute atomic E-state index is 5.95. The summed E-state index contributed by atoms with van der Waals surface area (Å²) in [7, 11) is 0. The summed E-state index contributed by atoms with van der Waals surface area (Å²) in [5.41, 5.74) is 0. The summed E-state index contributed by atoms with van der Waals surface area (Å²) in [6.07, 6.45) is 6.32. The van der Waals surface area contributed by atoms with Crippen LogP contribution in [-0.2, 0) is 4.74 Å². The third-order valence-electron chi connectivity index (χ3n) is 2.94. The molecule has 1 saturated carbocycles. The Balaban J connectivity index is 1.69. The van der Waals surface area contributed by atoms with Crippen molar-refractivity contribution >= 4 is 0 Å². The van der Waals surface area contributed by atoms with Gasteiger partial charge in [0.25, 0.3) is 0 Å². The fourth-order valence-corrected chi connectivity index (χ4v) is 1.92. The van der Waals surface area contributed by atoms with E-state index in [1.807, 2.05) is 0 Å². The monoisotopic (exact) mass is 169 g/mol. The first-order valence-corrected chi connectivity index (χ1v) is 5.22. The second-order valence-corrected chi connectivity index (χ2v) is 4.15. The molecule has 1 aliphatic heterocycles. The van der Waals surface area contributed by atoms with Crippen LogP contribution in [0.3, 0.4) is 0 Å². The van der Waals surface area contributed by atoms with Crippen LogP contribution in [0.5, 0.6) is 0 Å². The first-order valence-electron chi connectivity index (χ1n) is 5.22. The van der Waals surface area contributed by atoms with Crippen molar-refractivity contribution in [2.45, 2.75) is 44.8 Å². The van der Waals surface area contributed by atoms with Crippen LogP contribution in [-0.4, -0.2) is 25.3 Å². The Labute approximate surface area is 74.7 Å². The minimum Gasteiger partial charge on any atom is -0.374 e. The van der Waals surface area contributed by atoms with Crippen LogP contribution >= 0.6 is 0 Å². The Bertz CT molecular complexity index is 139. The van der Waals surface area contributed by atoms with Crippen molar-refractivity contribution in [3.8, 4) is 0 Å². The number of hydrogen-bond donors (Lipinski definition) is 1. The van der Waals surface area contributed by atoms with Gasteiger partial charge in [0.15, 0.2) is 0 Å². The van der Waals surface area contributed by atoms with Gasteiger partial charge in [0, 0.05) is 6.54 Å². The van der Waals surface area contributed by atoms with Crippen LogP contribution in [0.2, 0.25) is 0 Å². The molecule has 1 heterocycles. The highest BCUT2D eigenvalue weighted by Crippen LogP contribution is 2.34. The molecule has 0 aromatic heterocycles. The number of nitrogens with one attached hydrogen (secondary N) is 1. The molecule has 0 amide bonds. The molecule has 0 spiro atoms. The van der Waals surface area contributed by atoms with Gasteiger partial charge in [-0.05, 0) is 45.1 Å². The molecule has 2 fully saturated rings. The fourth-order valence-electron chi connectivity index (χ4n) is 1.92. The number of piperidine rings is 1. The van der Waals surface area contributed by atoms with Crippen LogP contribution in [0.4, 0.5) is 0 Å². The standard InChI is InChI=1S/C10H19NO/c1-8(9-4-5-9)12-10-3-2-6-11-7-10/h8-11H,2-7H2,1H3. The molecule has 2 atom stereocenters. The zero-order valence-electron chi connectivity index (χ0n) is 7.88. The summed E-state index contributed by atoms with van der Waals surface area (Å²) in [5, 5.41) is 3.37. The van der Waals surface area contributed by atoms with Crippen molar-refractivity contribution in [1.82, 2.24) is 5.32 Å². The predicted octanol–water partition coefficient (Wildman–Crippen LogP) is 1.55. The van der Waals surface area contributed by atoms with Crippen molar-refractivity contribution in [2.24, 2.45) is 5.92 Å². The Kier molecular flexibility index (Phi) is 2.66. The molecule has 70 valence electrons. The minimum atomic E-state index is 0.495. The molecule has 1 N–H and O–H groups in total. The first kappa shape index (κ1) is 8.52. The third-order valence-corrected chi connectivity index (χ3v) is 2.94. The minimum absolute atomic E-state index is 0.495. The molecule has 1 saturated heterocycles. The van der Waals surface area contributed by atoms with Gasteiger partial charge in [-0.15, -0.1) is 0 Å². The number of rotatable bonds is 3. The van der Waals surface area contributed by atoms with Crippen LogP contribution in [0.1, 0.15) is 32.6 Å². The first-order chi connectivity index (χ1) is 5.86. The Hall–Kier alpha value is -0.0800. The van der Waals surface area contributed by atoms with Gasteiger partial charge in [-0.1, -0.05) is 0 Å². The number of ether oxygens (including phenoxy) is 1. The molecule has 12 heavy (non-hydrogen) atoms. The molecule has 1 aliphatic carbocycles. The van der Waals surface area contributed by atoms with Gasteiger partial charge >= 0.3 is 0 Å². The molecule has 2 nitrogen and oxygen atoms in total. The molecule has 0 radical (unpaired) electrons. The quantitative estimate of drug-likeness (QED) is 0.692. The average Bonchev–Trinajstić information content (AvgIpc) is 2.88. The lowest BCUT2D eigenvalue weighted by Crippen LogP contribution is -2.37. The van der Waals surface area contributed by atoms with E-state index in [2.05, 4.69) is 12.2 Å². The van der Waals surface area contributed by atoms with E-state index in [1.54, 1.807) is 0 Å². The lowest BCUT2D eigenvalue weighted by atomic mass is 10.1. The molecule has 2 rings (SSSR count). The Morgan fingerprint density at radius 3 is 2.75 bits per heavy atom. The van der Waals surface area contributed by atoms with Crippen LogP contribution in [0.25, 0.3) is 0 Å². The molecular formula is C10H19NO. The lowest BCUT2D eigenvalue weighted by molar-refractivity contribution is -0.0237. The topological polar surface area (TPSA) is 21.3 Å². The van der Waals surface area contributed by atoms with Crippen molar-refractivity contribution in [2.75, 3.05) is 13.1 Å². The summed E-state index contributed by atoms with van der Waals surface area (Å²) in [6.45, 7) is 4.47. The van der Waals surface area contributed by atoms with E-state index in [0.29, 0.717) is 12.2 Å². The highest BCUT2D eigenvalue weighted by molar-refractivity contribution is 4.81. The SMILES string of the molecule is CC(OC1CCCNC1)C1CC1. The predicted molar refractivity (Wildman–Crippen MR) is 49.2 cm³/mol. The normalized spacial score (nSPS) is 33.2. The molecule has 0 aromatic carbocycles. The largest absolute Gasteiger partial charge is 0.374 e. The summed E-state index contributed by atoms with van der Waals surface area (Å²) < 4.78 is 5.95. The highest BCUT2D eigenvalue weighted by atomic mass is 16.5. The van der Waals surface area contributed by atoms with E-state index in [-0.39, 0.29) is 0 Å². The Morgan fingerprint density at radius 1 is 1.33 bits per heavy atom. The van der Waals surface area contributed by atoms with Gasteiger partial charge in [-0.2, -0.15) is 0 Å². The van der Waals surface area contributed by atoms with E-state index >= 15 is 0 Å². The highest BCUT2D eigenvalue weighted by Gasteiger charge is 2.30. The molecular weight excluding hydrogens is 150 g/mol. The van der Waals surface area contributed by atoms with Gasteiger partial charge in [0.1, 0.15) is 0 Å². The van der Waals surface area contributed by atoms with Gasteiger partial charge in [0.05, 0.1) is 12.2 Å². The Morgan fingerprint density at radius 2 is 2.17 bits per heavy atom. The third kappa shape index (κ3) is 2.20. The summed E-state index contributed by atoms with van der Waals surface area (Å²) >= 11 is 0. The van der Waals surface area contributed by atoms with Crippen molar-refractivity contribution in [3.05, 3.63) is 0 Å². The van der Waals surface area contributed by atoms with E-state index in [9.17, 15) is 0 Å². The van der Waals surface area contributed by atoms with Crippen molar-refractivity contribution in [3.63, 3.8) is 0 Å². The van der Waals surface area contributed by atoms with Crippen LogP contribution < -0.4 is 5.32 Å². The second-order valence-electron chi connectivity index (χ2n) is 4.15. The summed E-state index contributed by atoms with van der Waals surface area (Å²) in [5.74, 6) is 0.881. The van der Waals surface area contributed by atoms with E-state index in [0.717, 1.165) is 12.5 Å². The zero-order chi connectivity index (χ0) is 8.39. The smallest absolute Gasteiger partial charge is 0.0703 e. The van der Waals surface area contributed by atoms with Crippen LogP contribution in [0.15, 0.2) is 0 Å². The van der Waals surface area contributed by atoms with E-state index < -0.39 is 0 Å². The maximum atomic E-state index is 5.95.